The number of rotatable bonds is 8. The number of hydrogen-bond donors (Lipinski definition) is 3. The van der Waals surface area contributed by atoms with Crippen LogP contribution in [0.15, 0.2) is 41.9 Å². The van der Waals surface area contributed by atoms with E-state index in [4.69, 9.17) is 10.5 Å². The van der Waals surface area contributed by atoms with Crippen LogP contribution in [0.4, 0.5) is 5.13 Å². The highest BCUT2D eigenvalue weighted by atomic mass is 32.1. The molecule has 10 nitrogen and oxygen atoms in total. The number of nitrogens with two attached hydrogens (primary N) is 1. The first-order valence-corrected chi connectivity index (χ1v) is 11.6. The molecule has 1 aromatic carbocycles. The first-order valence-electron chi connectivity index (χ1n) is 10.7. The Morgan fingerprint density at radius 2 is 1.94 bits per heavy atom. The summed E-state index contributed by atoms with van der Waals surface area (Å²) in [6, 6.07) is 8.68. The van der Waals surface area contributed by atoms with Crippen molar-refractivity contribution in [2.24, 2.45) is 5.73 Å². The molecule has 2 amide bonds. The number of aromatic nitrogens is 4. The Morgan fingerprint density at radius 3 is 2.60 bits per heavy atom. The number of nitrogens with one attached hydrogen (secondary N) is 2. The van der Waals surface area contributed by atoms with Gasteiger partial charge in [0.1, 0.15) is 5.69 Å². The van der Waals surface area contributed by atoms with Gasteiger partial charge in [0.25, 0.3) is 11.8 Å². The van der Waals surface area contributed by atoms with Crippen LogP contribution in [0.3, 0.4) is 0 Å². The lowest BCUT2D eigenvalue weighted by atomic mass is 10.1. The highest BCUT2D eigenvalue weighted by Crippen LogP contribution is 2.26. The normalized spacial score (nSPS) is 10.8. The Bertz CT molecular complexity index is 1400. The second kappa shape index (κ2) is 9.94. The molecule has 180 valence electrons. The van der Waals surface area contributed by atoms with Crippen LogP contribution in [-0.4, -0.2) is 44.6 Å². The van der Waals surface area contributed by atoms with Crippen LogP contribution in [0, 0.1) is 13.8 Å². The second-order valence-corrected chi connectivity index (χ2v) is 8.70. The molecule has 0 atom stereocenters. The Labute approximate surface area is 205 Å². The van der Waals surface area contributed by atoms with E-state index in [9.17, 15) is 14.4 Å². The van der Waals surface area contributed by atoms with Gasteiger partial charge in [0.2, 0.25) is 0 Å². The summed E-state index contributed by atoms with van der Waals surface area (Å²) < 4.78 is 6.53. The van der Waals surface area contributed by atoms with Gasteiger partial charge in [-0.15, -0.1) is 11.3 Å². The minimum atomic E-state index is -0.554. The molecule has 0 bridgehead atoms. The average molecular weight is 493 g/mol. The molecule has 0 aliphatic heterocycles. The Morgan fingerprint density at radius 1 is 1.20 bits per heavy atom. The number of primary amides is 1. The van der Waals surface area contributed by atoms with Crippen LogP contribution in [0.2, 0.25) is 0 Å². The number of nitrogens with zero attached hydrogens (tertiary/aromatic N) is 3. The molecule has 35 heavy (non-hydrogen) atoms. The predicted octanol–water partition coefficient (Wildman–Crippen LogP) is 3.40. The van der Waals surface area contributed by atoms with E-state index < -0.39 is 5.91 Å². The van der Waals surface area contributed by atoms with Crippen LogP contribution in [-0.2, 0) is 16.0 Å². The number of benzene rings is 1. The first-order chi connectivity index (χ1) is 16.8. The minimum Gasteiger partial charge on any atom is -0.469 e. The predicted molar refractivity (Wildman–Crippen MR) is 132 cm³/mol. The van der Waals surface area contributed by atoms with Gasteiger partial charge in [0.05, 0.1) is 24.2 Å². The van der Waals surface area contributed by atoms with E-state index in [0.29, 0.717) is 28.4 Å². The van der Waals surface area contributed by atoms with Crippen LogP contribution in [0.5, 0.6) is 0 Å². The number of hydrogen-bond acceptors (Lipinski definition) is 7. The maximum atomic E-state index is 12.7. The van der Waals surface area contributed by atoms with E-state index in [-0.39, 0.29) is 24.0 Å². The Balaban J connectivity index is 1.45. The molecule has 4 N–H and O–H groups in total. The number of amides is 2. The number of aryl methyl sites for hydroxylation is 1. The highest BCUT2D eigenvalue weighted by molar-refractivity contribution is 7.14. The molecule has 0 saturated carbocycles. The summed E-state index contributed by atoms with van der Waals surface area (Å²) in [5, 5.41) is 9.61. The SMILES string of the molecule is COC(=O)CCc1c(C)nn(-c2ccc(C(=O)Nc3nc(-c4c[nH]c(C(N)=O)c4)cs3)cc2)c1C. The van der Waals surface area contributed by atoms with Gasteiger partial charge in [-0.25, -0.2) is 9.67 Å². The van der Waals surface area contributed by atoms with Gasteiger partial charge >= 0.3 is 5.97 Å². The standard InChI is InChI=1S/C24H24N6O4S/c1-13-18(8-9-21(31)34-3)14(2)30(29-13)17-6-4-15(5-7-17)23(33)28-24-27-20(12-35-24)16-10-19(22(25)32)26-11-16/h4-7,10-12,26H,8-9H2,1-3H3,(H2,25,32)(H,27,28,33). The molecule has 4 rings (SSSR count). The van der Waals surface area contributed by atoms with Gasteiger partial charge in [-0.3, -0.25) is 19.7 Å². The fourth-order valence-electron chi connectivity index (χ4n) is 3.69. The third kappa shape index (κ3) is 5.14. The topological polar surface area (TPSA) is 145 Å². The quantitative estimate of drug-likeness (QED) is 0.322. The zero-order chi connectivity index (χ0) is 25.1. The molecule has 0 aliphatic rings. The van der Waals surface area contributed by atoms with Gasteiger partial charge in [-0.2, -0.15) is 5.10 Å². The lowest BCUT2D eigenvalue weighted by Crippen LogP contribution is -2.12. The molecule has 0 spiro atoms. The molecule has 0 fully saturated rings. The van der Waals surface area contributed by atoms with E-state index in [1.807, 2.05) is 26.0 Å². The average Bonchev–Trinajstić information content (AvgIpc) is 3.57. The molecule has 3 heterocycles. The smallest absolute Gasteiger partial charge is 0.305 e. The third-order valence-corrected chi connectivity index (χ3v) is 6.35. The zero-order valence-corrected chi connectivity index (χ0v) is 20.2. The van der Waals surface area contributed by atoms with Crippen molar-refractivity contribution in [2.45, 2.75) is 26.7 Å². The molecule has 0 saturated heterocycles. The number of methoxy groups -OCH3 is 1. The largest absolute Gasteiger partial charge is 0.469 e. The van der Waals surface area contributed by atoms with Gasteiger partial charge in [0.15, 0.2) is 5.13 Å². The van der Waals surface area contributed by atoms with Crippen molar-refractivity contribution in [3.8, 4) is 16.9 Å². The summed E-state index contributed by atoms with van der Waals surface area (Å²) in [5.74, 6) is -1.11. The molecule has 3 aromatic heterocycles. The van der Waals surface area contributed by atoms with Crippen molar-refractivity contribution in [1.29, 1.82) is 0 Å². The van der Waals surface area contributed by atoms with Crippen molar-refractivity contribution in [1.82, 2.24) is 19.7 Å². The number of carbonyl (C=O) groups excluding carboxylic acids is 3. The zero-order valence-electron chi connectivity index (χ0n) is 19.4. The molecular formula is C24H24N6O4S. The molecule has 11 heteroatoms. The van der Waals surface area contributed by atoms with Crippen molar-refractivity contribution >= 4 is 34.3 Å². The Hall–Kier alpha value is -4.25. The van der Waals surface area contributed by atoms with Gasteiger partial charge in [-0.05, 0) is 56.2 Å². The molecule has 4 aromatic rings. The molecule has 0 aliphatic carbocycles. The summed E-state index contributed by atoms with van der Waals surface area (Å²) in [4.78, 5) is 42.7. The lowest BCUT2D eigenvalue weighted by molar-refractivity contribution is -0.140. The van der Waals surface area contributed by atoms with Crippen molar-refractivity contribution in [3.63, 3.8) is 0 Å². The first kappa shape index (κ1) is 23.9. The summed E-state index contributed by atoms with van der Waals surface area (Å²) >= 11 is 1.28. The fraction of sp³-hybridized carbons (Fsp3) is 0.208. The Kier molecular flexibility index (Phi) is 6.78. The molecule has 0 unspecified atom stereocenters. The number of ether oxygens (including phenoxy) is 1. The number of anilines is 1. The van der Waals surface area contributed by atoms with Gasteiger partial charge in [0, 0.05) is 34.8 Å². The highest BCUT2D eigenvalue weighted by Gasteiger charge is 2.16. The molecule has 0 radical (unpaired) electrons. The van der Waals surface area contributed by atoms with Gasteiger partial charge < -0.3 is 15.5 Å². The van der Waals surface area contributed by atoms with Crippen molar-refractivity contribution in [3.05, 3.63) is 70.1 Å². The van der Waals surface area contributed by atoms with Gasteiger partial charge in [-0.1, -0.05) is 0 Å². The summed E-state index contributed by atoms with van der Waals surface area (Å²) in [7, 11) is 1.37. The summed E-state index contributed by atoms with van der Waals surface area (Å²) in [6.45, 7) is 3.85. The summed E-state index contributed by atoms with van der Waals surface area (Å²) in [5.41, 5.74) is 10.9. The van der Waals surface area contributed by atoms with Crippen molar-refractivity contribution < 1.29 is 19.1 Å². The number of aromatic amines is 1. The minimum absolute atomic E-state index is 0.261. The van der Waals surface area contributed by atoms with Crippen LogP contribution in [0.1, 0.15) is 44.2 Å². The maximum absolute atomic E-state index is 12.7. The van der Waals surface area contributed by atoms with E-state index in [2.05, 4.69) is 20.4 Å². The second-order valence-electron chi connectivity index (χ2n) is 7.84. The van der Waals surface area contributed by atoms with E-state index >= 15 is 0 Å². The van der Waals surface area contributed by atoms with Crippen molar-refractivity contribution in [2.75, 3.05) is 12.4 Å². The third-order valence-electron chi connectivity index (χ3n) is 5.59. The number of H-pyrrole nitrogens is 1. The van der Waals surface area contributed by atoms with E-state index in [0.717, 1.165) is 22.6 Å². The number of thiazole rings is 1. The maximum Gasteiger partial charge on any atom is 0.305 e. The number of esters is 1. The lowest BCUT2D eigenvalue weighted by Gasteiger charge is -2.07. The monoisotopic (exact) mass is 492 g/mol. The van der Waals surface area contributed by atoms with E-state index in [1.54, 1.807) is 34.5 Å². The fourth-order valence-corrected chi connectivity index (χ4v) is 4.40. The number of carbonyl (C=O) groups is 3. The van der Waals surface area contributed by atoms with Crippen LogP contribution < -0.4 is 11.1 Å². The van der Waals surface area contributed by atoms with Crippen LogP contribution >= 0.6 is 11.3 Å². The van der Waals surface area contributed by atoms with Crippen LogP contribution in [0.25, 0.3) is 16.9 Å². The molecular weight excluding hydrogens is 468 g/mol. The summed E-state index contributed by atoms with van der Waals surface area (Å²) in [6.07, 6.45) is 2.48. The van der Waals surface area contributed by atoms with E-state index in [1.165, 1.54) is 18.4 Å².